The number of phenols is 1. The number of rotatable bonds is 4. The van der Waals surface area contributed by atoms with Crippen LogP contribution in [0.15, 0.2) is 42.5 Å². The lowest BCUT2D eigenvalue weighted by Gasteiger charge is -2.02. The van der Waals surface area contributed by atoms with Gasteiger partial charge in [0.25, 0.3) is 0 Å². The van der Waals surface area contributed by atoms with Crippen molar-refractivity contribution in [1.82, 2.24) is 14.6 Å². The lowest BCUT2D eigenvalue weighted by molar-refractivity contribution is 0.475. The van der Waals surface area contributed by atoms with E-state index in [0.717, 1.165) is 29.9 Å². The number of nitrogens with one attached hydrogen (secondary N) is 1. The van der Waals surface area contributed by atoms with Crippen LogP contribution in [0.25, 0.3) is 5.65 Å². The Kier molecular flexibility index (Phi) is 3.25. The van der Waals surface area contributed by atoms with Crippen molar-refractivity contribution in [1.29, 1.82) is 0 Å². The Balaban J connectivity index is 1.65. The van der Waals surface area contributed by atoms with E-state index in [4.69, 9.17) is 0 Å². The average Bonchev–Trinajstić information content (AvgIpc) is 2.85. The molecule has 102 valence electrons. The number of pyridine rings is 1. The molecule has 5 heteroatoms. The molecule has 2 N–H and O–H groups in total. The highest BCUT2D eigenvalue weighted by atomic mass is 16.3. The van der Waals surface area contributed by atoms with Crippen LogP contribution in [-0.2, 0) is 6.42 Å². The number of hydrogen-bond acceptors (Lipinski definition) is 4. The number of aromatic hydroxyl groups is 1. The largest absolute Gasteiger partial charge is 0.508 e. The van der Waals surface area contributed by atoms with Crippen LogP contribution in [-0.4, -0.2) is 26.2 Å². The minimum atomic E-state index is 0.291. The normalized spacial score (nSPS) is 10.8. The predicted molar refractivity (Wildman–Crippen MR) is 78.0 cm³/mol. The monoisotopic (exact) mass is 268 g/mol. The molecule has 0 spiro atoms. The van der Waals surface area contributed by atoms with E-state index >= 15 is 0 Å². The van der Waals surface area contributed by atoms with Crippen LogP contribution < -0.4 is 5.32 Å². The van der Waals surface area contributed by atoms with Gasteiger partial charge in [-0.25, -0.2) is 4.52 Å². The van der Waals surface area contributed by atoms with E-state index in [1.54, 1.807) is 12.1 Å². The second kappa shape index (κ2) is 5.21. The zero-order valence-corrected chi connectivity index (χ0v) is 11.2. The fraction of sp³-hybridized carbons (Fsp3) is 0.200. The van der Waals surface area contributed by atoms with Crippen molar-refractivity contribution in [2.24, 2.45) is 0 Å². The van der Waals surface area contributed by atoms with Gasteiger partial charge in [-0.1, -0.05) is 18.2 Å². The topological polar surface area (TPSA) is 62.5 Å². The van der Waals surface area contributed by atoms with Crippen molar-refractivity contribution in [2.75, 3.05) is 11.9 Å². The van der Waals surface area contributed by atoms with E-state index in [1.165, 1.54) is 0 Å². The molecule has 0 fully saturated rings. The Bertz CT molecular complexity index is 718. The highest BCUT2D eigenvalue weighted by Crippen LogP contribution is 2.11. The maximum Gasteiger partial charge on any atom is 0.243 e. The van der Waals surface area contributed by atoms with E-state index in [2.05, 4.69) is 15.4 Å². The van der Waals surface area contributed by atoms with Gasteiger partial charge in [0.15, 0.2) is 5.65 Å². The molecule has 0 unspecified atom stereocenters. The Morgan fingerprint density at radius 3 is 2.70 bits per heavy atom. The van der Waals surface area contributed by atoms with Crippen molar-refractivity contribution < 1.29 is 5.11 Å². The quantitative estimate of drug-likeness (QED) is 0.762. The van der Waals surface area contributed by atoms with Gasteiger partial charge in [0.05, 0.1) is 0 Å². The van der Waals surface area contributed by atoms with Crippen LogP contribution in [0.2, 0.25) is 0 Å². The summed E-state index contributed by atoms with van der Waals surface area (Å²) in [4.78, 5) is 4.42. The Morgan fingerprint density at radius 1 is 1.15 bits per heavy atom. The molecule has 0 bridgehead atoms. The van der Waals surface area contributed by atoms with Crippen LogP contribution in [0.3, 0.4) is 0 Å². The van der Waals surface area contributed by atoms with Crippen LogP contribution in [0, 0.1) is 6.92 Å². The number of phenolic OH excluding ortho intramolecular Hbond substituents is 1. The van der Waals surface area contributed by atoms with Crippen LogP contribution in [0.5, 0.6) is 5.75 Å². The molecule has 0 radical (unpaired) electrons. The minimum absolute atomic E-state index is 0.291. The smallest absolute Gasteiger partial charge is 0.243 e. The molecule has 0 saturated heterocycles. The number of aryl methyl sites for hydroxylation is 1. The SMILES string of the molecule is Cc1cccc2nc(NCCc3ccc(O)cc3)nn12. The molecule has 0 aliphatic carbocycles. The molecule has 2 aromatic heterocycles. The Labute approximate surface area is 116 Å². The third-order valence-electron chi connectivity index (χ3n) is 3.18. The zero-order valence-electron chi connectivity index (χ0n) is 11.2. The van der Waals surface area contributed by atoms with Gasteiger partial charge >= 0.3 is 0 Å². The summed E-state index contributed by atoms with van der Waals surface area (Å²) in [5.74, 6) is 0.928. The van der Waals surface area contributed by atoms with Crippen LogP contribution in [0.1, 0.15) is 11.3 Å². The van der Waals surface area contributed by atoms with E-state index in [0.29, 0.717) is 11.7 Å². The minimum Gasteiger partial charge on any atom is -0.508 e. The van der Waals surface area contributed by atoms with E-state index in [9.17, 15) is 5.11 Å². The zero-order chi connectivity index (χ0) is 13.9. The summed E-state index contributed by atoms with van der Waals surface area (Å²) in [6.45, 7) is 2.75. The van der Waals surface area contributed by atoms with Crippen molar-refractivity contribution >= 4 is 11.6 Å². The number of aromatic nitrogens is 3. The van der Waals surface area contributed by atoms with Crippen molar-refractivity contribution in [3.05, 3.63) is 53.7 Å². The highest BCUT2D eigenvalue weighted by Gasteiger charge is 2.04. The Hall–Kier alpha value is -2.56. The number of anilines is 1. The molecule has 0 aliphatic heterocycles. The van der Waals surface area contributed by atoms with E-state index < -0.39 is 0 Å². The van der Waals surface area contributed by atoms with Gasteiger partial charge in [0.1, 0.15) is 5.75 Å². The third-order valence-corrected chi connectivity index (χ3v) is 3.18. The van der Waals surface area contributed by atoms with Crippen molar-refractivity contribution in [3.63, 3.8) is 0 Å². The van der Waals surface area contributed by atoms with Gasteiger partial charge in [-0.15, -0.1) is 5.10 Å². The summed E-state index contributed by atoms with van der Waals surface area (Å²) in [6.07, 6.45) is 0.856. The van der Waals surface area contributed by atoms with Gasteiger partial charge in [-0.05, 0) is 43.2 Å². The van der Waals surface area contributed by atoms with Gasteiger partial charge in [-0.2, -0.15) is 4.98 Å². The van der Waals surface area contributed by atoms with Gasteiger partial charge in [0, 0.05) is 12.2 Å². The van der Waals surface area contributed by atoms with Crippen molar-refractivity contribution in [3.8, 4) is 5.75 Å². The standard InChI is InChI=1S/C15H16N4O/c1-11-3-2-4-14-17-15(18-19(11)14)16-10-9-12-5-7-13(20)8-6-12/h2-8,20H,9-10H2,1H3,(H,16,18). The van der Waals surface area contributed by atoms with Gasteiger partial charge in [0.2, 0.25) is 5.95 Å². The van der Waals surface area contributed by atoms with Gasteiger partial charge < -0.3 is 10.4 Å². The molecule has 0 atom stereocenters. The van der Waals surface area contributed by atoms with Gasteiger partial charge in [-0.3, -0.25) is 0 Å². The third kappa shape index (κ3) is 2.56. The number of benzene rings is 1. The molecule has 5 nitrogen and oxygen atoms in total. The molecule has 20 heavy (non-hydrogen) atoms. The molecule has 1 aromatic carbocycles. The first-order valence-corrected chi connectivity index (χ1v) is 6.56. The molecule has 0 amide bonds. The maximum absolute atomic E-state index is 9.23. The lowest BCUT2D eigenvalue weighted by atomic mass is 10.1. The molecule has 3 rings (SSSR count). The molecule has 0 aliphatic rings. The molecular weight excluding hydrogens is 252 g/mol. The summed E-state index contributed by atoms with van der Waals surface area (Å²) in [7, 11) is 0. The molecule has 2 heterocycles. The molecule has 3 aromatic rings. The summed E-state index contributed by atoms with van der Waals surface area (Å²) in [5.41, 5.74) is 3.06. The van der Waals surface area contributed by atoms with Crippen molar-refractivity contribution in [2.45, 2.75) is 13.3 Å². The second-order valence-corrected chi connectivity index (χ2v) is 4.72. The van der Waals surface area contributed by atoms with Crippen LogP contribution in [0.4, 0.5) is 5.95 Å². The number of fused-ring (bicyclic) bond motifs is 1. The first-order valence-electron chi connectivity index (χ1n) is 6.56. The van der Waals surface area contributed by atoms with E-state index in [-0.39, 0.29) is 0 Å². The maximum atomic E-state index is 9.23. The fourth-order valence-electron chi connectivity index (χ4n) is 2.09. The second-order valence-electron chi connectivity index (χ2n) is 4.72. The molecule has 0 saturated carbocycles. The Morgan fingerprint density at radius 2 is 1.95 bits per heavy atom. The predicted octanol–water partition coefficient (Wildman–Crippen LogP) is 2.40. The average molecular weight is 268 g/mol. The molecular formula is C15H16N4O. The summed E-state index contributed by atoms with van der Waals surface area (Å²) in [5, 5.41) is 16.9. The fourth-order valence-corrected chi connectivity index (χ4v) is 2.09. The highest BCUT2D eigenvalue weighted by molar-refractivity contribution is 5.44. The van der Waals surface area contributed by atoms with E-state index in [1.807, 2.05) is 41.8 Å². The first-order chi connectivity index (χ1) is 9.72. The number of nitrogens with zero attached hydrogens (tertiary/aromatic N) is 3. The summed E-state index contributed by atoms with van der Waals surface area (Å²) < 4.78 is 1.82. The lowest BCUT2D eigenvalue weighted by Crippen LogP contribution is -2.06. The number of hydrogen-bond donors (Lipinski definition) is 2. The van der Waals surface area contributed by atoms with Crippen LogP contribution >= 0.6 is 0 Å². The first kappa shape index (κ1) is 12.5. The summed E-state index contributed by atoms with van der Waals surface area (Å²) >= 11 is 0. The summed E-state index contributed by atoms with van der Waals surface area (Å²) in [6, 6.07) is 13.1.